The molecule has 0 N–H and O–H groups in total. The number of hydrogen-bond donors (Lipinski definition) is 0. The normalized spacial score (nSPS) is 15.2. The zero-order valence-corrected chi connectivity index (χ0v) is 17.8. The molecule has 1 aliphatic carbocycles. The van der Waals surface area contributed by atoms with Crippen LogP contribution in [0.15, 0.2) is 24.3 Å². The quantitative estimate of drug-likeness (QED) is 0.385. The second-order valence-electron chi connectivity index (χ2n) is 8.54. The molecule has 0 bridgehead atoms. The summed E-state index contributed by atoms with van der Waals surface area (Å²) in [6.45, 7) is 15.2. The Morgan fingerprint density at radius 2 is 1.78 bits per heavy atom. The molecule has 0 amide bonds. The zero-order chi connectivity index (χ0) is 20.0. The Kier molecular flexibility index (Phi) is 7.94. The summed E-state index contributed by atoms with van der Waals surface area (Å²) < 4.78 is 11.9. The van der Waals surface area contributed by atoms with Gasteiger partial charge in [-0.3, -0.25) is 0 Å². The van der Waals surface area contributed by atoms with Gasteiger partial charge in [0.05, 0.1) is 6.61 Å². The zero-order valence-electron chi connectivity index (χ0n) is 17.8. The van der Waals surface area contributed by atoms with Crippen molar-refractivity contribution >= 4 is 5.97 Å². The fraction of sp³-hybridized carbons (Fsp3) is 0.625. The Hall–Kier alpha value is -1.77. The highest BCUT2D eigenvalue weighted by atomic mass is 16.5. The van der Waals surface area contributed by atoms with Crippen LogP contribution in [-0.2, 0) is 16.1 Å². The first-order chi connectivity index (χ1) is 12.8. The molecule has 0 atom stereocenters. The molecular weight excluding hydrogens is 336 g/mol. The number of benzene rings is 1. The van der Waals surface area contributed by atoms with Crippen LogP contribution in [0.1, 0.15) is 95.2 Å². The van der Waals surface area contributed by atoms with E-state index in [0.29, 0.717) is 23.3 Å². The van der Waals surface area contributed by atoms with Gasteiger partial charge in [-0.15, -0.1) is 0 Å². The highest BCUT2D eigenvalue weighted by Crippen LogP contribution is 2.38. The van der Waals surface area contributed by atoms with Gasteiger partial charge in [0.15, 0.2) is 0 Å². The van der Waals surface area contributed by atoms with E-state index in [9.17, 15) is 4.79 Å². The Labute approximate surface area is 165 Å². The Bertz CT molecular complexity index is 652. The maximum Gasteiger partial charge on any atom is 0.333 e. The minimum absolute atomic E-state index is 0.226. The molecule has 27 heavy (non-hydrogen) atoms. The standard InChI is InChI=1S/C24H36O3/c1-16(2)21-13-12-20(15-27-24(25)18(5)6)23(22(21)17(3)4)26-14-19-10-8-7-9-11-19/h12-13,16-17,19H,5,7-11,14-15H2,1-4,6H3. The number of carbonyl (C=O) groups excluding carboxylic acids is 1. The average molecular weight is 373 g/mol. The van der Waals surface area contributed by atoms with Gasteiger partial charge in [-0.05, 0) is 43.1 Å². The predicted molar refractivity (Wildman–Crippen MR) is 111 cm³/mol. The van der Waals surface area contributed by atoms with Gasteiger partial charge in [-0.2, -0.15) is 0 Å². The van der Waals surface area contributed by atoms with Crippen LogP contribution in [0.25, 0.3) is 0 Å². The Morgan fingerprint density at radius 1 is 1.11 bits per heavy atom. The third-order valence-corrected chi connectivity index (χ3v) is 5.41. The van der Waals surface area contributed by atoms with Crippen LogP contribution in [0.5, 0.6) is 5.75 Å². The summed E-state index contributed by atoms with van der Waals surface area (Å²) in [5.41, 5.74) is 3.94. The summed E-state index contributed by atoms with van der Waals surface area (Å²) in [6.07, 6.45) is 6.46. The van der Waals surface area contributed by atoms with E-state index in [-0.39, 0.29) is 12.6 Å². The molecule has 0 unspecified atom stereocenters. The minimum Gasteiger partial charge on any atom is -0.493 e. The maximum atomic E-state index is 11.9. The topological polar surface area (TPSA) is 35.5 Å². The molecule has 1 aromatic carbocycles. The van der Waals surface area contributed by atoms with Gasteiger partial charge in [0.2, 0.25) is 0 Å². The van der Waals surface area contributed by atoms with Gasteiger partial charge in [-0.1, -0.05) is 65.7 Å². The summed E-state index contributed by atoms with van der Waals surface area (Å²) in [5.74, 6) is 1.97. The van der Waals surface area contributed by atoms with Crippen molar-refractivity contribution in [2.45, 2.75) is 85.2 Å². The van der Waals surface area contributed by atoms with Gasteiger partial charge < -0.3 is 9.47 Å². The molecule has 0 radical (unpaired) electrons. The van der Waals surface area contributed by atoms with E-state index < -0.39 is 0 Å². The summed E-state index contributed by atoms with van der Waals surface area (Å²) in [7, 11) is 0. The van der Waals surface area contributed by atoms with Crippen LogP contribution in [-0.4, -0.2) is 12.6 Å². The first-order valence-electron chi connectivity index (χ1n) is 10.4. The lowest BCUT2D eigenvalue weighted by Crippen LogP contribution is -2.18. The van der Waals surface area contributed by atoms with Crippen molar-refractivity contribution in [3.8, 4) is 5.75 Å². The molecule has 0 spiro atoms. The molecule has 3 nitrogen and oxygen atoms in total. The third-order valence-electron chi connectivity index (χ3n) is 5.41. The smallest absolute Gasteiger partial charge is 0.333 e. The highest BCUT2D eigenvalue weighted by molar-refractivity contribution is 5.86. The third kappa shape index (κ3) is 5.85. The van der Waals surface area contributed by atoms with Crippen LogP contribution in [0.3, 0.4) is 0 Å². The Morgan fingerprint density at radius 3 is 2.33 bits per heavy atom. The summed E-state index contributed by atoms with van der Waals surface area (Å²) in [6, 6.07) is 4.22. The predicted octanol–water partition coefficient (Wildman–Crippen LogP) is 6.51. The van der Waals surface area contributed by atoms with Crippen LogP contribution >= 0.6 is 0 Å². The summed E-state index contributed by atoms with van der Waals surface area (Å²) in [4.78, 5) is 11.9. The molecule has 3 heteroatoms. The highest BCUT2D eigenvalue weighted by Gasteiger charge is 2.22. The second-order valence-corrected chi connectivity index (χ2v) is 8.54. The number of esters is 1. The van der Waals surface area contributed by atoms with Crippen LogP contribution in [0.2, 0.25) is 0 Å². The second kappa shape index (κ2) is 9.96. The molecule has 1 aliphatic rings. The van der Waals surface area contributed by atoms with Crippen molar-refractivity contribution < 1.29 is 14.3 Å². The molecule has 1 fully saturated rings. The monoisotopic (exact) mass is 372 g/mol. The average Bonchev–Trinajstić information content (AvgIpc) is 2.64. The van der Waals surface area contributed by atoms with Gasteiger partial charge in [0.1, 0.15) is 12.4 Å². The van der Waals surface area contributed by atoms with E-state index in [2.05, 4.69) is 46.4 Å². The molecule has 0 aromatic heterocycles. The number of hydrogen-bond acceptors (Lipinski definition) is 3. The van der Waals surface area contributed by atoms with E-state index in [0.717, 1.165) is 17.9 Å². The fourth-order valence-electron chi connectivity index (χ4n) is 3.86. The molecule has 0 saturated heterocycles. The van der Waals surface area contributed by atoms with Gasteiger partial charge >= 0.3 is 5.97 Å². The van der Waals surface area contributed by atoms with Crippen molar-refractivity contribution in [2.24, 2.45) is 5.92 Å². The maximum absolute atomic E-state index is 11.9. The molecule has 1 aromatic rings. The molecular formula is C24H36O3. The molecule has 0 aliphatic heterocycles. The Balaban J connectivity index is 2.31. The van der Waals surface area contributed by atoms with Crippen molar-refractivity contribution in [2.75, 3.05) is 6.61 Å². The summed E-state index contributed by atoms with van der Waals surface area (Å²) >= 11 is 0. The number of ether oxygens (including phenoxy) is 2. The van der Waals surface area contributed by atoms with Gasteiger partial charge in [0.25, 0.3) is 0 Å². The lowest BCUT2D eigenvalue weighted by atomic mass is 9.87. The first kappa shape index (κ1) is 21.5. The number of carbonyl (C=O) groups is 1. The van der Waals surface area contributed by atoms with Crippen molar-refractivity contribution in [1.82, 2.24) is 0 Å². The van der Waals surface area contributed by atoms with Crippen LogP contribution < -0.4 is 4.74 Å². The lowest BCUT2D eigenvalue weighted by molar-refractivity contribution is -0.140. The minimum atomic E-state index is -0.354. The van der Waals surface area contributed by atoms with Crippen molar-refractivity contribution in [1.29, 1.82) is 0 Å². The molecule has 1 saturated carbocycles. The first-order valence-corrected chi connectivity index (χ1v) is 10.4. The van der Waals surface area contributed by atoms with Gasteiger partial charge in [0, 0.05) is 16.7 Å². The van der Waals surface area contributed by atoms with Crippen LogP contribution in [0, 0.1) is 5.92 Å². The fourth-order valence-corrected chi connectivity index (χ4v) is 3.86. The van der Waals surface area contributed by atoms with Gasteiger partial charge in [-0.25, -0.2) is 4.79 Å². The largest absolute Gasteiger partial charge is 0.493 e. The summed E-state index contributed by atoms with van der Waals surface area (Å²) in [5, 5.41) is 0. The lowest BCUT2D eigenvalue weighted by Gasteiger charge is -2.26. The number of rotatable bonds is 8. The van der Waals surface area contributed by atoms with E-state index in [1.165, 1.54) is 43.2 Å². The van der Waals surface area contributed by atoms with Crippen molar-refractivity contribution in [3.05, 3.63) is 41.0 Å². The van der Waals surface area contributed by atoms with Crippen molar-refractivity contribution in [3.63, 3.8) is 0 Å². The SMILES string of the molecule is C=C(C)C(=O)OCc1ccc(C(C)C)c(C(C)C)c1OCC1CCCCC1. The molecule has 0 heterocycles. The molecule has 2 rings (SSSR count). The van der Waals surface area contributed by atoms with E-state index in [1.807, 2.05) is 0 Å². The van der Waals surface area contributed by atoms with E-state index >= 15 is 0 Å². The van der Waals surface area contributed by atoms with E-state index in [1.54, 1.807) is 6.92 Å². The molecule has 150 valence electrons. The van der Waals surface area contributed by atoms with E-state index in [4.69, 9.17) is 9.47 Å². The van der Waals surface area contributed by atoms with Crippen LogP contribution in [0.4, 0.5) is 0 Å².